The first kappa shape index (κ1) is 17.0. The fraction of sp³-hybridized carbons (Fsp3) is 0.412. The molecule has 1 atom stereocenters. The molecule has 0 aliphatic carbocycles. The van der Waals surface area contributed by atoms with Crippen LogP contribution in [0.15, 0.2) is 36.5 Å². The Morgan fingerprint density at radius 2 is 1.91 bits per heavy atom. The first-order chi connectivity index (χ1) is 10.8. The summed E-state index contributed by atoms with van der Waals surface area (Å²) in [6.07, 6.45) is 0.986. The van der Waals surface area contributed by atoms with Gasteiger partial charge in [-0.05, 0) is 16.5 Å². The monoisotopic (exact) mass is 316 g/mol. The van der Waals surface area contributed by atoms with E-state index in [0.717, 1.165) is 5.56 Å². The van der Waals surface area contributed by atoms with E-state index >= 15 is 0 Å². The summed E-state index contributed by atoms with van der Waals surface area (Å²) in [4.78, 5) is 11.8. The van der Waals surface area contributed by atoms with E-state index in [4.69, 9.17) is 0 Å². The molecule has 0 saturated carbocycles. The van der Waals surface area contributed by atoms with Crippen LogP contribution in [-0.2, 0) is 12.5 Å². The molecule has 0 fully saturated rings. The number of urea groups is 1. The number of rotatable bonds is 4. The van der Waals surface area contributed by atoms with Crippen molar-refractivity contribution < 1.29 is 9.90 Å². The van der Waals surface area contributed by atoms with Crippen LogP contribution in [0, 0.1) is 0 Å². The maximum Gasteiger partial charge on any atom is 0.320 e. The molecular weight excluding hydrogens is 292 g/mol. The Bertz CT molecular complexity index is 656. The van der Waals surface area contributed by atoms with Crippen LogP contribution >= 0.6 is 0 Å². The smallest absolute Gasteiger partial charge is 0.320 e. The highest BCUT2D eigenvalue weighted by Crippen LogP contribution is 2.23. The van der Waals surface area contributed by atoms with Gasteiger partial charge in [0.25, 0.3) is 0 Å². The van der Waals surface area contributed by atoms with Crippen LogP contribution in [0.25, 0.3) is 0 Å². The average molecular weight is 316 g/mol. The Morgan fingerprint density at radius 3 is 2.43 bits per heavy atom. The molecular formula is C17H24N4O2. The van der Waals surface area contributed by atoms with Crippen molar-refractivity contribution >= 4 is 11.8 Å². The number of aliphatic hydroxyl groups excluding tert-OH is 1. The number of anilines is 1. The molecule has 124 valence electrons. The van der Waals surface area contributed by atoms with E-state index < -0.39 is 12.1 Å². The van der Waals surface area contributed by atoms with Crippen molar-refractivity contribution in [2.24, 2.45) is 7.05 Å². The van der Waals surface area contributed by atoms with E-state index in [9.17, 15) is 9.90 Å². The van der Waals surface area contributed by atoms with E-state index in [1.807, 2.05) is 24.3 Å². The highest BCUT2D eigenvalue weighted by molar-refractivity contribution is 5.88. The van der Waals surface area contributed by atoms with Crippen molar-refractivity contribution in [3.63, 3.8) is 0 Å². The van der Waals surface area contributed by atoms with Gasteiger partial charge >= 0.3 is 6.03 Å². The summed E-state index contributed by atoms with van der Waals surface area (Å²) in [6.45, 7) is 6.55. The Balaban J connectivity index is 1.86. The van der Waals surface area contributed by atoms with Gasteiger partial charge in [-0.15, -0.1) is 0 Å². The fourth-order valence-electron chi connectivity index (χ4n) is 2.15. The SMILES string of the molecule is Cn1ccc(NC(=O)NCC(O)c2ccc(C(C)(C)C)cc2)n1. The first-order valence-corrected chi connectivity index (χ1v) is 7.59. The zero-order chi connectivity index (χ0) is 17.0. The van der Waals surface area contributed by atoms with Crippen molar-refractivity contribution in [2.75, 3.05) is 11.9 Å². The lowest BCUT2D eigenvalue weighted by Gasteiger charge is -2.20. The van der Waals surface area contributed by atoms with Gasteiger partial charge in [-0.3, -0.25) is 10.00 Å². The van der Waals surface area contributed by atoms with Crippen LogP contribution in [0.5, 0.6) is 0 Å². The third-order valence-electron chi connectivity index (χ3n) is 3.57. The summed E-state index contributed by atoms with van der Waals surface area (Å²) in [5, 5.41) is 19.5. The first-order valence-electron chi connectivity index (χ1n) is 7.59. The molecule has 6 nitrogen and oxygen atoms in total. The van der Waals surface area contributed by atoms with Crippen molar-refractivity contribution in [3.05, 3.63) is 47.7 Å². The van der Waals surface area contributed by atoms with Gasteiger partial charge in [0, 0.05) is 25.9 Å². The van der Waals surface area contributed by atoms with Gasteiger partial charge in [0.05, 0.1) is 6.10 Å². The van der Waals surface area contributed by atoms with Gasteiger partial charge < -0.3 is 10.4 Å². The van der Waals surface area contributed by atoms with Crippen molar-refractivity contribution in [1.82, 2.24) is 15.1 Å². The molecule has 0 saturated heterocycles. The zero-order valence-corrected chi connectivity index (χ0v) is 14.0. The van der Waals surface area contributed by atoms with Gasteiger partial charge in [-0.2, -0.15) is 5.10 Å². The molecule has 2 rings (SSSR count). The van der Waals surface area contributed by atoms with Crippen LogP contribution in [-0.4, -0.2) is 27.5 Å². The normalized spacial score (nSPS) is 12.7. The Labute approximate surface area is 136 Å². The molecule has 0 aliphatic heterocycles. The number of hydrogen-bond acceptors (Lipinski definition) is 3. The summed E-state index contributed by atoms with van der Waals surface area (Å²) in [6, 6.07) is 9.10. The number of nitrogens with one attached hydrogen (secondary N) is 2. The molecule has 3 N–H and O–H groups in total. The van der Waals surface area contributed by atoms with Gasteiger partial charge in [0.1, 0.15) is 0 Å². The van der Waals surface area contributed by atoms with Crippen LogP contribution in [0.1, 0.15) is 38.0 Å². The van der Waals surface area contributed by atoms with Crippen LogP contribution in [0.3, 0.4) is 0 Å². The standard InChI is InChI=1S/C17H24N4O2/c1-17(2,3)13-7-5-12(6-8-13)14(22)11-18-16(23)19-15-9-10-21(4)20-15/h5-10,14,22H,11H2,1-4H3,(H2,18,19,20,23). The zero-order valence-electron chi connectivity index (χ0n) is 14.0. The lowest BCUT2D eigenvalue weighted by atomic mass is 9.86. The molecule has 1 unspecified atom stereocenters. The van der Waals surface area contributed by atoms with Gasteiger partial charge in [-0.1, -0.05) is 45.0 Å². The number of benzene rings is 1. The minimum Gasteiger partial charge on any atom is -0.387 e. The number of carbonyl (C=O) groups excluding carboxylic acids is 1. The molecule has 1 aromatic heterocycles. The Morgan fingerprint density at radius 1 is 1.26 bits per heavy atom. The highest BCUT2D eigenvalue weighted by Gasteiger charge is 2.15. The molecule has 1 aromatic carbocycles. The number of aryl methyl sites for hydroxylation is 1. The summed E-state index contributed by atoms with van der Waals surface area (Å²) in [5.74, 6) is 0.467. The number of carbonyl (C=O) groups is 1. The molecule has 23 heavy (non-hydrogen) atoms. The number of hydrogen-bond donors (Lipinski definition) is 3. The molecule has 0 radical (unpaired) electrons. The molecule has 1 heterocycles. The minimum atomic E-state index is -0.751. The van der Waals surface area contributed by atoms with E-state index in [-0.39, 0.29) is 12.0 Å². The van der Waals surface area contributed by atoms with E-state index in [2.05, 4.69) is 36.5 Å². The number of aliphatic hydroxyl groups is 1. The number of nitrogens with zero attached hydrogens (tertiary/aromatic N) is 2. The molecule has 0 spiro atoms. The predicted molar refractivity (Wildman–Crippen MR) is 90.3 cm³/mol. The molecule has 2 amide bonds. The van der Waals surface area contributed by atoms with Gasteiger partial charge in [0.2, 0.25) is 0 Å². The summed E-state index contributed by atoms with van der Waals surface area (Å²) in [7, 11) is 1.77. The van der Waals surface area contributed by atoms with Crippen LogP contribution in [0.4, 0.5) is 10.6 Å². The van der Waals surface area contributed by atoms with Crippen molar-refractivity contribution in [2.45, 2.75) is 32.3 Å². The number of aromatic nitrogens is 2. The predicted octanol–water partition coefficient (Wildman–Crippen LogP) is 2.57. The Kier molecular flexibility index (Phi) is 5.05. The topological polar surface area (TPSA) is 79.2 Å². The molecule has 2 aromatic rings. The number of amides is 2. The largest absolute Gasteiger partial charge is 0.387 e. The van der Waals surface area contributed by atoms with E-state index in [0.29, 0.717) is 5.82 Å². The van der Waals surface area contributed by atoms with Gasteiger partial charge in [0.15, 0.2) is 5.82 Å². The summed E-state index contributed by atoms with van der Waals surface area (Å²) >= 11 is 0. The molecule has 0 aliphatic rings. The summed E-state index contributed by atoms with van der Waals surface area (Å²) < 4.78 is 1.60. The third-order valence-corrected chi connectivity index (χ3v) is 3.57. The third kappa shape index (κ3) is 4.82. The maximum atomic E-state index is 11.8. The van der Waals surface area contributed by atoms with Gasteiger partial charge in [-0.25, -0.2) is 4.79 Å². The second kappa shape index (κ2) is 6.83. The minimum absolute atomic E-state index is 0.0737. The fourth-order valence-corrected chi connectivity index (χ4v) is 2.15. The quantitative estimate of drug-likeness (QED) is 0.811. The second-order valence-corrected chi connectivity index (χ2v) is 6.60. The van der Waals surface area contributed by atoms with E-state index in [1.54, 1.807) is 24.0 Å². The van der Waals surface area contributed by atoms with Crippen molar-refractivity contribution in [1.29, 1.82) is 0 Å². The van der Waals surface area contributed by atoms with Crippen LogP contribution < -0.4 is 10.6 Å². The molecule has 6 heteroatoms. The van der Waals surface area contributed by atoms with Crippen LogP contribution in [0.2, 0.25) is 0 Å². The lowest BCUT2D eigenvalue weighted by molar-refractivity contribution is 0.175. The van der Waals surface area contributed by atoms with E-state index in [1.165, 1.54) is 5.56 Å². The average Bonchev–Trinajstić information content (AvgIpc) is 2.89. The lowest BCUT2D eigenvalue weighted by Crippen LogP contribution is -2.32. The maximum absolute atomic E-state index is 11.8. The highest BCUT2D eigenvalue weighted by atomic mass is 16.3. The Hall–Kier alpha value is -2.34. The molecule has 0 bridgehead atoms. The second-order valence-electron chi connectivity index (χ2n) is 6.60. The summed E-state index contributed by atoms with van der Waals surface area (Å²) in [5.41, 5.74) is 2.05. The van der Waals surface area contributed by atoms with Crippen molar-refractivity contribution in [3.8, 4) is 0 Å².